The molecule has 1 fully saturated rings. The van der Waals surface area contributed by atoms with Crippen LogP contribution in [0.3, 0.4) is 0 Å². The molecule has 4 nitrogen and oxygen atoms in total. The molecule has 0 saturated heterocycles. The number of nitrogens with one attached hydrogen (secondary N) is 1. The average molecular weight is 270 g/mol. The van der Waals surface area contributed by atoms with E-state index in [2.05, 4.69) is 41.5 Å². The second kappa shape index (κ2) is 4.93. The second-order valence-corrected chi connectivity index (χ2v) is 5.87. The maximum Gasteiger partial charge on any atom is 0.0886 e. The van der Waals surface area contributed by atoms with Crippen molar-refractivity contribution < 1.29 is 0 Å². The van der Waals surface area contributed by atoms with Gasteiger partial charge in [0.1, 0.15) is 0 Å². The van der Waals surface area contributed by atoms with Crippen molar-refractivity contribution in [2.24, 2.45) is 7.05 Å². The number of rotatable bonds is 4. The molecule has 0 aromatic carbocycles. The Morgan fingerprint density at radius 2 is 2.05 bits per heavy atom. The number of anilines is 1. The average Bonchev–Trinajstić information content (AvgIpc) is 3.12. The third-order valence-corrected chi connectivity index (χ3v) is 3.96. The zero-order valence-corrected chi connectivity index (χ0v) is 12.7. The summed E-state index contributed by atoms with van der Waals surface area (Å²) in [5.41, 5.74) is 7.20. The molecule has 0 atom stereocenters. The molecule has 0 unspecified atom stereocenters. The fourth-order valence-corrected chi connectivity index (χ4v) is 2.80. The topological polar surface area (TPSA) is 42.7 Å². The Morgan fingerprint density at radius 3 is 2.70 bits per heavy atom. The van der Waals surface area contributed by atoms with E-state index < -0.39 is 0 Å². The van der Waals surface area contributed by atoms with Gasteiger partial charge in [0, 0.05) is 37.1 Å². The van der Waals surface area contributed by atoms with Crippen molar-refractivity contribution in [1.82, 2.24) is 14.8 Å². The molecule has 106 valence electrons. The smallest absolute Gasteiger partial charge is 0.0886 e. The number of hydrogen-bond donors (Lipinski definition) is 1. The number of aromatic nitrogens is 3. The minimum Gasteiger partial charge on any atom is -0.378 e. The summed E-state index contributed by atoms with van der Waals surface area (Å²) < 4.78 is 1.91. The van der Waals surface area contributed by atoms with E-state index in [1.54, 1.807) is 0 Å². The number of aryl methyl sites for hydroxylation is 4. The second-order valence-electron chi connectivity index (χ2n) is 5.87. The highest BCUT2D eigenvalue weighted by molar-refractivity contribution is 5.50. The summed E-state index contributed by atoms with van der Waals surface area (Å²) in [7, 11) is 1.99. The molecule has 0 aliphatic heterocycles. The summed E-state index contributed by atoms with van der Waals surface area (Å²) in [5.74, 6) is 0.664. The van der Waals surface area contributed by atoms with Crippen LogP contribution in [0.5, 0.6) is 0 Å². The zero-order chi connectivity index (χ0) is 14.3. The Balaban J connectivity index is 1.80. The van der Waals surface area contributed by atoms with Crippen LogP contribution in [0.1, 0.15) is 47.0 Å². The lowest BCUT2D eigenvalue weighted by Gasteiger charge is -2.12. The van der Waals surface area contributed by atoms with E-state index >= 15 is 0 Å². The minimum atomic E-state index is 0.664. The van der Waals surface area contributed by atoms with Gasteiger partial charge in [0.25, 0.3) is 0 Å². The van der Waals surface area contributed by atoms with Gasteiger partial charge in [0.05, 0.1) is 11.4 Å². The standard InChI is InChI=1S/C16H22N4/c1-10-7-11(2)18-12(3)14(10)8-17-15-9-20(4)19-16(15)13-5-6-13/h7,9,13,17H,5-6,8H2,1-4H3. The highest BCUT2D eigenvalue weighted by Crippen LogP contribution is 2.42. The van der Waals surface area contributed by atoms with E-state index in [0.29, 0.717) is 5.92 Å². The van der Waals surface area contributed by atoms with Gasteiger partial charge in [-0.05, 0) is 50.8 Å². The SMILES string of the molecule is Cc1cc(C)c(CNc2cn(C)nc2C2CC2)c(C)n1. The highest BCUT2D eigenvalue weighted by atomic mass is 15.3. The molecule has 2 aromatic heterocycles. The molecule has 1 aliphatic rings. The van der Waals surface area contributed by atoms with Crippen molar-refractivity contribution in [1.29, 1.82) is 0 Å². The normalized spacial score (nSPS) is 14.6. The first-order chi connectivity index (χ1) is 9.54. The molecule has 2 heterocycles. The van der Waals surface area contributed by atoms with Crippen molar-refractivity contribution in [3.63, 3.8) is 0 Å². The van der Waals surface area contributed by atoms with Crippen LogP contribution < -0.4 is 5.32 Å². The van der Waals surface area contributed by atoms with Gasteiger partial charge in [0.2, 0.25) is 0 Å². The molecule has 0 radical (unpaired) electrons. The maximum atomic E-state index is 4.58. The molecule has 1 aliphatic carbocycles. The van der Waals surface area contributed by atoms with Crippen LogP contribution in [-0.4, -0.2) is 14.8 Å². The molecule has 20 heavy (non-hydrogen) atoms. The minimum absolute atomic E-state index is 0.664. The first-order valence-electron chi connectivity index (χ1n) is 7.25. The Labute approximate surface area is 120 Å². The summed E-state index contributed by atoms with van der Waals surface area (Å²) in [5, 5.41) is 8.13. The van der Waals surface area contributed by atoms with E-state index in [0.717, 1.165) is 17.9 Å². The Bertz CT molecular complexity index is 615. The van der Waals surface area contributed by atoms with Crippen LogP contribution in [0.25, 0.3) is 0 Å². The number of pyridine rings is 1. The lowest BCUT2D eigenvalue weighted by Crippen LogP contribution is -2.06. The first kappa shape index (κ1) is 13.2. The summed E-state index contributed by atoms with van der Waals surface area (Å²) in [6, 6.07) is 2.15. The largest absolute Gasteiger partial charge is 0.378 e. The fraction of sp³-hybridized carbons (Fsp3) is 0.500. The molecule has 4 heteroatoms. The van der Waals surface area contributed by atoms with E-state index in [1.165, 1.54) is 35.3 Å². The fourth-order valence-electron chi connectivity index (χ4n) is 2.80. The van der Waals surface area contributed by atoms with Crippen LogP contribution in [0.4, 0.5) is 5.69 Å². The van der Waals surface area contributed by atoms with E-state index in [1.807, 2.05) is 18.7 Å². The van der Waals surface area contributed by atoms with Crippen LogP contribution in [0.15, 0.2) is 12.3 Å². The molecular formula is C16H22N4. The molecule has 0 amide bonds. The quantitative estimate of drug-likeness (QED) is 0.927. The van der Waals surface area contributed by atoms with Crippen molar-refractivity contribution in [2.45, 2.75) is 46.1 Å². The predicted molar refractivity (Wildman–Crippen MR) is 81.0 cm³/mol. The van der Waals surface area contributed by atoms with Crippen molar-refractivity contribution >= 4 is 5.69 Å². The lowest BCUT2D eigenvalue weighted by molar-refractivity contribution is 0.744. The van der Waals surface area contributed by atoms with Crippen molar-refractivity contribution in [2.75, 3.05) is 5.32 Å². The Hall–Kier alpha value is -1.84. The van der Waals surface area contributed by atoms with Gasteiger partial charge in [0.15, 0.2) is 0 Å². The lowest BCUT2D eigenvalue weighted by atomic mass is 10.1. The molecule has 3 rings (SSSR count). The third-order valence-electron chi connectivity index (χ3n) is 3.96. The van der Waals surface area contributed by atoms with Gasteiger partial charge < -0.3 is 5.32 Å². The van der Waals surface area contributed by atoms with Gasteiger partial charge in [-0.3, -0.25) is 9.67 Å². The molecule has 1 saturated carbocycles. The van der Waals surface area contributed by atoms with Gasteiger partial charge in [-0.2, -0.15) is 5.10 Å². The van der Waals surface area contributed by atoms with Gasteiger partial charge in [-0.25, -0.2) is 0 Å². The van der Waals surface area contributed by atoms with Crippen molar-refractivity contribution in [3.8, 4) is 0 Å². The van der Waals surface area contributed by atoms with Gasteiger partial charge >= 0.3 is 0 Å². The summed E-state index contributed by atoms with van der Waals surface area (Å²) in [6.45, 7) is 7.10. The predicted octanol–water partition coefficient (Wildman–Crippen LogP) is 3.23. The van der Waals surface area contributed by atoms with Crippen LogP contribution in [0, 0.1) is 20.8 Å². The molecule has 0 bridgehead atoms. The highest BCUT2D eigenvalue weighted by Gasteiger charge is 2.29. The zero-order valence-electron chi connectivity index (χ0n) is 12.7. The first-order valence-corrected chi connectivity index (χ1v) is 7.25. The molecule has 2 aromatic rings. The summed E-state index contributed by atoms with van der Waals surface area (Å²) in [4.78, 5) is 4.56. The van der Waals surface area contributed by atoms with E-state index in [9.17, 15) is 0 Å². The van der Waals surface area contributed by atoms with E-state index in [4.69, 9.17) is 0 Å². The number of nitrogens with zero attached hydrogens (tertiary/aromatic N) is 3. The third kappa shape index (κ3) is 2.55. The van der Waals surface area contributed by atoms with Gasteiger partial charge in [-0.15, -0.1) is 0 Å². The van der Waals surface area contributed by atoms with Crippen molar-refractivity contribution in [3.05, 3.63) is 40.5 Å². The monoisotopic (exact) mass is 270 g/mol. The molecule has 1 N–H and O–H groups in total. The van der Waals surface area contributed by atoms with Crippen LogP contribution in [0.2, 0.25) is 0 Å². The molecule has 0 spiro atoms. The van der Waals surface area contributed by atoms with Crippen LogP contribution >= 0.6 is 0 Å². The summed E-state index contributed by atoms with van der Waals surface area (Å²) >= 11 is 0. The summed E-state index contributed by atoms with van der Waals surface area (Å²) in [6.07, 6.45) is 4.63. The van der Waals surface area contributed by atoms with Crippen LogP contribution in [-0.2, 0) is 13.6 Å². The van der Waals surface area contributed by atoms with Gasteiger partial charge in [-0.1, -0.05) is 0 Å². The Kier molecular flexibility index (Phi) is 3.24. The Morgan fingerprint density at radius 1 is 1.30 bits per heavy atom. The number of hydrogen-bond acceptors (Lipinski definition) is 3. The van der Waals surface area contributed by atoms with E-state index in [-0.39, 0.29) is 0 Å². The molecular weight excluding hydrogens is 248 g/mol. The maximum absolute atomic E-state index is 4.58.